The molecule has 1 amide bonds. The Kier molecular flexibility index (Phi) is 11.6. The Morgan fingerprint density at radius 2 is 1.46 bits per heavy atom. The number of likely N-dealkylation sites (tertiary alicyclic amines) is 1. The Labute approximate surface area is 231 Å². The van der Waals surface area contributed by atoms with Crippen LogP contribution in [0.2, 0.25) is 0 Å². The van der Waals surface area contributed by atoms with Crippen LogP contribution in [-0.2, 0) is 16.1 Å². The monoisotopic (exact) mass is 539 g/mol. The number of hydrogen-bond donors (Lipinski definition) is 2. The number of carboxylic acid groups (broad SMARTS) is 2. The summed E-state index contributed by atoms with van der Waals surface area (Å²) in [6.45, 7) is 10.8. The van der Waals surface area contributed by atoms with Gasteiger partial charge in [0.05, 0.1) is 24.6 Å². The molecule has 0 saturated carbocycles. The lowest BCUT2D eigenvalue weighted by Gasteiger charge is -2.37. The molecule has 0 unspecified atom stereocenters. The summed E-state index contributed by atoms with van der Waals surface area (Å²) in [5.41, 5.74) is 3.24. The third kappa shape index (κ3) is 9.90. The molecule has 0 radical (unpaired) electrons. The minimum Gasteiger partial charge on any atom is -0.489 e. The summed E-state index contributed by atoms with van der Waals surface area (Å²) >= 11 is 0. The van der Waals surface area contributed by atoms with Gasteiger partial charge in [-0.15, -0.1) is 0 Å². The van der Waals surface area contributed by atoms with Crippen molar-refractivity contribution in [2.45, 2.75) is 58.6 Å². The van der Waals surface area contributed by atoms with E-state index < -0.39 is 11.9 Å². The van der Waals surface area contributed by atoms with Gasteiger partial charge in [0, 0.05) is 51.4 Å². The zero-order valence-electron chi connectivity index (χ0n) is 23.1. The second-order valence-corrected chi connectivity index (χ2v) is 10.2. The number of hydrogen-bond acceptors (Lipinski definition) is 6. The summed E-state index contributed by atoms with van der Waals surface area (Å²) in [5.74, 6) is -0.997. The van der Waals surface area contributed by atoms with Crippen LogP contribution in [0.3, 0.4) is 0 Å². The minimum atomic E-state index is -1.08. The van der Waals surface area contributed by atoms with Crippen molar-refractivity contribution < 1.29 is 29.3 Å². The Balaban J connectivity index is 0.000000459. The summed E-state index contributed by atoms with van der Waals surface area (Å²) < 4.78 is 6.02. The number of ether oxygens (including phenoxy) is 1. The molecule has 9 heteroatoms. The number of piperidine rings is 1. The highest BCUT2D eigenvalue weighted by atomic mass is 16.5. The van der Waals surface area contributed by atoms with Crippen LogP contribution in [0, 0.1) is 0 Å². The number of aliphatic carboxylic acids is 2. The van der Waals surface area contributed by atoms with Gasteiger partial charge >= 0.3 is 11.9 Å². The lowest BCUT2D eigenvalue weighted by atomic mass is 10.1. The lowest BCUT2D eigenvalue weighted by Crippen LogP contribution is -2.46. The van der Waals surface area contributed by atoms with Crippen molar-refractivity contribution in [2.75, 3.05) is 44.2 Å². The predicted molar refractivity (Wildman–Crippen MR) is 150 cm³/mol. The van der Waals surface area contributed by atoms with E-state index in [-0.39, 0.29) is 24.9 Å². The average Bonchev–Trinajstić information content (AvgIpc) is 2.93. The molecule has 2 aromatic carbocycles. The second kappa shape index (κ2) is 15.1. The molecular weight excluding hydrogens is 498 g/mol. The molecule has 2 N–H and O–H groups in total. The number of nitrogens with zero attached hydrogens (tertiary/aromatic N) is 3. The SMILES string of the molecule is CC(C)Oc1ccccc1N1CCN(Cc2cccc(C(=O)N3CCCCC3)c2)CC1.O=C(O)CCC(=O)O. The van der Waals surface area contributed by atoms with Crippen molar-refractivity contribution >= 4 is 23.5 Å². The van der Waals surface area contributed by atoms with E-state index in [2.05, 4.69) is 54.0 Å². The number of para-hydroxylation sites is 2. The first-order chi connectivity index (χ1) is 18.7. The zero-order valence-corrected chi connectivity index (χ0v) is 23.1. The smallest absolute Gasteiger partial charge is 0.303 e. The first kappa shape index (κ1) is 30.0. The summed E-state index contributed by atoms with van der Waals surface area (Å²) in [4.78, 5) is 39.0. The molecular formula is C30H41N3O6. The molecule has 0 spiro atoms. The minimum absolute atomic E-state index is 0.169. The van der Waals surface area contributed by atoms with E-state index in [1.54, 1.807) is 0 Å². The first-order valence-electron chi connectivity index (χ1n) is 13.8. The molecule has 2 aliphatic heterocycles. The van der Waals surface area contributed by atoms with Gasteiger partial charge in [0.1, 0.15) is 5.75 Å². The molecule has 9 nitrogen and oxygen atoms in total. The van der Waals surface area contributed by atoms with Gasteiger partial charge in [0.2, 0.25) is 0 Å². The van der Waals surface area contributed by atoms with Crippen LogP contribution in [0.5, 0.6) is 5.75 Å². The molecule has 39 heavy (non-hydrogen) atoms. The van der Waals surface area contributed by atoms with Crippen molar-refractivity contribution in [1.29, 1.82) is 0 Å². The largest absolute Gasteiger partial charge is 0.489 e. The molecule has 2 heterocycles. The Bertz CT molecular complexity index is 1080. The molecule has 2 aliphatic rings. The predicted octanol–water partition coefficient (Wildman–Crippen LogP) is 4.36. The van der Waals surface area contributed by atoms with Crippen LogP contribution in [-0.4, -0.2) is 83.2 Å². The van der Waals surface area contributed by atoms with Crippen molar-refractivity contribution in [3.05, 3.63) is 59.7 Å². The molecule has 0 aliphatic carbocycles. The highest BCUT2D eigenvalue weighted by Gasteiger charge is 2.21. The molecule has 0 aromatic heterocycles. The number of rotatable bonds is 9. The highest BCUT2D eigenvalue weighted by molar-refractivity contribution is 5.94. The number of carbonyl (C=O) groups excluding carboxylic acids is 1. The number of carbonyl (C=O) groups is 3. The highest BCUT2D eigenvalue weighted by Crippen LogP contribution is 2.30. The normalized spacial score (nSPS) is 15.9. The fourth-order valence-corrected chi connectivity index (χ4v) is 4.77. The molecule has 212 valence electrons. The fourth-order valence-electron chi connectivity index (χ4n) is 4.77. The third-order valence-electron chi connectivity index (χ3n) is 6.72. The molecule has 2 aromatic rings. The lowest BCUT2D eigenvalue weighted by molar-refractivity contribution is -0.143. The second-order valence-electron chi connectivity index (χ2n) is 10.2. The van der Waals surface area contributed by atoms with Crippen LogP contribution in [0.1, 0.15) is 61.9 Å². The first-order valence-corrected chi connectivity index (χ1v) is 13.8. The van der Waals surface area contributed by atoms with Gasteiger partial charge in [-0.25, -0.2) is 0 Å². The van der Waals surface area contributed by atoms with Crippen LogP contribution < -0.4 is 9.64 Å². The zero-order chi connectivity index (χ0) is 28.2. The van der Waals surface area contributed by atoms with Gasteiger partial charge in [0.25, 0.3) is 5.91 Å². The van der Waals surface area contributed by atoms with Gasteiger partial charge in [-0.3, -0.25) is 19.3 Å². The maximum absolute atomic E-state index is 12.8. The molecule has 0 bridgehead atoms. The van der Waals surface area contributed by atoms with Crippen LogP contribution in [0.15, 0.2) is 48.5 Å². The Morgan fingerprint density at radius 1 is 0.821 bits per heavy atom. The van der Waals surface area contributed by atoms with Crippen molar-refractivity contribution in [3.8, 4) is 5.75 Å². The summed E-state index contributed by atoms with van der Waals surface area (Å²) in [6, 6.07) is 16.6. The fraction of sp³-hybridized carbons (Fsp3) is 0.500. The van der Waals surface area contributed by atoms with E-state index in [0.29, 0.717) is 0 Å². The van der Waals surface area contributed by atoms with E-state index in [9.17, 15) is 14.4 Å². The molecule has 2 fully saturated rings. The van der Waals surface area contributed by atoms with E-state index in [4.69, 9.17) is 14.9 Å². The van der Waals surface area contributed by atoms with E-state index >= 15 is 0 Å². The number of anilines is 1. The van der Waals surface area contributed by atoms with Gasteiger partial charge in [-0.2, -0.15) is 0 Å². The van der Waals surface area contributed by atoms with Crippen molar-refractivity contribution in [3.63, 3.8) is 0 Å². The average molecular weight is 540 g/mol. The maximum Gasteiger partial charge on any atom is 0.303 e. The topological polar surface area (TPSA) is 111 Å². The van der Waals surface area contributed by atoms with E-state index in [1.165, 1.54) is 17.7 Å². The summed E-state index contributed by atoms with van der Waals surface area (Å²) in [6.07, 6.45) is 3.07. The maximum atomic E-state index is 12.8. The van der Waals surface area contributed by atoms with Gasteiger partial charge in [-0.05, 0) is 62.9 Å². The molecule has 0 atom stereocenters. The summed E-state index contributed by atoms with van der Waals surface area (Å²) in [7, 11) is 0. The number of amides is 1. The van der Waals surface area contributed by atoms with Crippen molar-refractivity contribution in [2.24, 2.45) is 0 Å². The van der Waals surface area contributed by atoms with Gasteiger partial charge in [0.15, 0.2) is 0 Å². The Hall–Kier alpha value is -3.59. The van der Waals surface area contributed by atoms with Crippen LogP contribution in [0.25, 0.3) is 0 Å². The molecule has 2 saturated heterocycles. The Morgan fingerprint density at radius 3 is 2.08 bits per heavy atom. The van der Waals surface area contributed by atoms with Crippen LogP contribution in [0.4, 0.5) is 5.69 Å². The van der Waals surface area contributed by atoms with Crippen molar-refractivity contribution in [1.82, 2.24) is 9.80 Å². The number of piperazine rings is 1. The van der Waals surface area contributed by atoms with Gasteiger partial charge in [-0.1, -0.05) is 24.3 Å². The van der Waals surface area contributed by atoms with E-state index in [0.717, 1.165) is 70.0 Å². The molecule has 4 rings (SSSR count). The standard InChI is InChI=1S/C26H35N3O2.C4H6O4/c1-21(2)31-25-12-5-4-11-24(25)28-17-15-27(16-18-28)20-22-9-8-10-23(19-22)26(30)29-13-6-3-7-14-29;5-3(6)1-2-4(7)8/h4-5,8-12,19,21H,3,6-7,13-18,20H2,1-2H3;1-2H2,(H,5,6)(H,7,8). The summed E-state index contributed by atoms with van der Waals surface area (Å²) in [5, 5.41) is 15.8. The third-order valence-corrected chi connectivity index (χ3v) is 6.72. The van der Waals surface area contributed by atoms with Crippen LogP contribution >= 0.6 is 0 Å². The number of benzene rings is 2. The van der Waals surface area contributed by atoms with Gasteiger partial charge < -0.3 is 24.7 Å². The quantitative estimate of drug-likeness (QED) is 0.484. The number of carboxylic acids is 2. The van der Waals surface area contributed by atoms with E-state index in [1.807, 2.05) is 23.1 Å².